The highest BCUT2D eigenvalue weighted by Crippen LogP contribution is 2.17. The third kappa shape index (κ3) is 4.57. The summed E-state index contributed by atoms with van der Waals surface area (Å²) in [5.41, 5.74) is 3.24. The van der Waals surface area contributed by atoms with E-state index in [0.29, 0.717) is 44.1 Å². The summed E-state index contributed by atoms with van der Waals surface area (Å²) in [5, 5.41) is 1.94. The molecule has 2 amide bonds. The fourth-order valence-electron chi connectivity index (χ4n) is 2.80. The summed E-state index contributed by atoms with van der Waals surface area (Å²) in [4.78, 5) is 32.1. The largest absolute Gasteiger partial charge is 0.487 e. The lowest BCUT2D eigenvalue weighted by molar-refractivity contribution is -0.128. The molecule has 3 rings (SSSR count). The molecule has 1 aliphatic heterocycles. The van der Waals surface area contributed by atoms with Gasteiger partial charge in [-0.15, -0.1) is 11.3 Å². The molecule has 2 aromatic rings. The molecule has 0 unspecified atom stereocenters. The molecule has 1 saturated heterocycles. The van der Waals surface area contributed by atoms with Crippen LogP contribution in [0.3, 0.4) is 0 Å². The van der Waals surface area contributed by atoms with E-state index in [1.165, 1.54) is 11.3 Å². The van der Waals surface area contributed by atoms with Gasteiger partial charge in [0, 0.05) is 44.0 Å². The average Bonchev–Trinajstić information content (AvgIpc) is 3.01. The average molecular weight is 359 g/mol. The molecule has 1 fully saturated rings. The van der Waals surface area contributed by atoms with E-state index in [1.807, 2.05) is 22.4 Å². The van der Waals surface area contributed by atoms with Crippen molar-refractivity contribution in [1.82, 2.24) is 14.8 Å². The fourth-order valence-corrected chi connectivity index (χ4v) is 3.35. The minimum atomic E-state index is -0.0236. The van der Waals surface area contributed by atoms with E-state index in [-0.39, 0.29) is 11.8 Å². The lowest BCUT2D eigenvalue weighted by atomic mass is 10.2. The maximum absolute atomic E-state index is 12.8. The molecule has 0 atom stereocenters. The summed E-state index contributed by atoms with van der Waals surface area (Å²) in [6.07, 6.45) is 0.797. The van der Waals surface area contributed by atoms with Gasteiger partial charge in [-0.05, 0) is 24.6 Å². The van der Waals surface area contributed by atoms with Crippen LogP contribution in [0, 0.1) is 0 Å². The first-order valence-electron chi connectivity index (χ1n) is 8.28. The topological polar surface area (TPSA) is 62.7 Å². The first-order chi connectivity index (χ1) is 12.1. The van der Waals surface area contributed by atoms with Gasteiger partial charge in [0.1, 0.15) is 12.4 Å². The molecular formula is C18H21N3O3S. The molecule has 25 heavy (non-hydrogen) atoms. The lowest BCUT2D eigenvalue weighted by Crippen LogP contribution is -2.36. The van der Waals surface area contributed by atoms with Gasteiger partial charge in [0.2, 0.25) is 5.91 Å². The number of amides is 2. The van der Waals surface area contributed by atoms with Crippen LogP contribution in [0.4, 0.5) is 0 Å². The maximum Gasteiger partial charge on any atom is 0.254 e. The van der Waals surface area contributed by atoms with E-state index in [0.717, 1.165) is 12.1 Å². The number of hydrogen-bond donors (Lipinski definition) is 0. The van der Waals surface area contributed by atoms with Crippen LogP contribution in [0.25, 0.3) is 0 Å². The predicted molar refractivity (Wildman–Crippen MR) is 95.7 cm³/mol. The monoisotopic (exact) mass is 359 g/mol. The van der Waals surface area contributed by atoms with Crippen molar-refractivity contribution in [3.05, 3.63) is 46.4 Å². The number of thiazole rings is 1. The Kier molecular flexibility index (Phi) is 5.65. The second-order valence-electron chi connectivity index (χ2n) is 5.95. The zero-order chi connectivity index (χ0) is 17.6. The third-order valence-electron chi connectivity index (χ3n) is 4.18. The van der Waals surface area contributed by atoms with E-state index in [1.54, 1.807) is 29.5 Å². The second-order valence-corrected chi connectivity index (χ2v) is 6.67. The number of carbonyl (C=O) groups is 2. The molecule has 0 spiro atoms. The van der Waals surface area contributed by atoms with E-state index in [9.17, 15) is 9.59 Å². The molecule has 7 heteroatoms. The Balaban J connectivity index is 1.63. The summed E-state index contributed by atoms with van der Waals surface area (Å²) >= 11 is 1.53. The summed E-state index contributed by atoms with van der Waals surface area (Å²) in [7, 11) is 0. The zero-order valence-electron chi connectivity index (χ0n) is 14.2. The van der Waals surface area contributed by atoms with E-state index < -0.39 is 0 Å². The summed E-state index contributed by atoms with van der Waals surface area (Å²) in [5.74, 6) is 0.690. The van der Waals surface area contributed by atoms with Crippen LogP contribution >= 0.6 is 11.3 Å². The van der Waals surface area contributed by atoms with Crippen LogP contribution in [0.5, 0.6) is 5.75 Å². The van der Waals surface area contributed by atoms with Crippen LogP contribution in [0.15, 0.2) is 35.2 Å². The molecule has 1 aliphatic rings. The van der Waals surface area contributed by atoms with Gasteiger partial charge >= 0.3 is 0 Å². The normalized spacial score (nSPS) is 14.9. The van der Waals surface area contributed by atoms with Gasteiger partial charge in [0.05, 0.1) is 11.2 Å². The Morgan fingerprint density at radius 2 is 2.00 bits per heavy atom. The lowest BCUT2D eigenvalue weighted by Gasteiger charge is -2.21. The molecule has 0 bridgehead atoms. The first kappa shape index (κ1) is 17.4. The van der Waals surface area contributed by atoms with Crippen molar-refractivity contribution in [3.63, 3.8) is 0 Å². The fraction of sp³-hybridized carbons (Fsp3) is 0.389. The van der Waals surface area contributed by atoms with Crippen LogP contribution in [-0.2, 0) is 11.4 Å². The van der Waals surface area contributed by atoms with E-state index in [2.05, 4.69) is 4.98 Å². The summed E-state index contributed by atoms with van der Waals surface area (Å²) < 4.78 is 5.72. The van der Waals surface area contributed by atoms with Crippen LogP contribution in [0.1, 0.15) is 29.4 Å². The van der Waals surface area contributed by atoms with Gasteiger partial charge < -0.3 is 14.5 Å². The zero-order valence-corrected chi connectivity index (χ0v) is 15.0. The molecule has 0 aliphatic carbocycles. The van der Waals surface area contributed by atoms with Gasteiger partial charge in [0.15, 0.2) is 0 Å². The molecule has 132 valence electrons. The third-order valence-corrected chi connectivity index (χ3v) is 4.81. The standard InChI is InChI=1S/C18H21N3O3S/c1-14(22)20-6-3-7-21(9-8-20)18(23)15-4-2-5-17(10-15)24-11-16-12-25-13-19-16/h2,4-5,10,12-13H,3,6-9,11H2,1H3. The Labute approximate surface area is 151 Å². The van der Waals surface area contributed by atoms with Crippen molar-refractivity contribution in [2.24, 2.45) is 0 Å². The highest BCUT2D eigenvalue weighted by atomic mass is 32.1. The highest BCUT2D eigenvalue weighted by Gasteiger charge is 2.21. The maximum atomic E-state index is 12.8. The number of benzene rings is 1. The Morgan fingerprint density at radius 3 is 2.76 bits per heavy atom. The van der Waals surface area contributed by atoms with Crippen molar-refractivity contribution in [2.75, 3.05) is 26.2 Å². The van der Waals surface area contributed by atoms with Crippen LogP contribution < -0.4 is 4.74 Å². The first-order valence-corrected chi connectivity index (χ1v) is 9.22. The molecular weight excluding hydrogens is 338 g/mol. The smallest absolute Gasteiger partial charge is 0.254 e. The number of nitrogens with zero attached hydrogens (tertiary/aromatic N) is 3. The van der Waals surface area contributed by atoms with E-state index >= 15 is 0 Å². The predicted octanol–water partition coefficient (Wildman–Crippen LogP) is 2.42. The quantitative estimate of drug-likeness (QED) is 0.841. The molecule has 0 radical (unpaired) electrons. The molecule has 1 aromatic heterocycles. The van der Waals surface area contributed by atoms with Crippen LogP contribution in [0.2, 0.25) is 0 Å². The number of rotatable bonds is 4. The minimum Gasteiger partial charge on any atom is -0.487 e. The summed E-state index contributed by atoms with van der Waals surface area (Å²) in [6.45, 7) is 4.46. The van der Waals surface area contributed by atoms with Gasteiger partial charge in [-0.25, -0.2) is 4.98 Å². The molecule has 6 nitrogen and oxygen atoms in total. The number of carbonyl (C=O) groups excluding carboxylic acids is 2. The van der Waals surface area contributed by atoms with Gasteiger partial charge in [-0.2, -0.15) is 0 Å². The Morgan fingerprint density at radius 1 is 1.20 bits per heavy atom. The highest BCUT2D eigenvalue weighted by molar-refractivity contribution is 7.07. The van der Waals surface area contributed by atoms with E-state index in [4.69, 9.17) is 4.74 Å². The van der Waals surface area contributed by atoms with Gasteiger partial charge in [-0.1, -0.05) is 6.07 Å². The second kappa shape index (κ2) is 8.11. The number of ether oxygens (including phenoxy) is 1. The van der Waals surface area contributed by atoms with Gasteiger partial charge in [0.25, 0.3) is 5.91 Å². The molecule has 2 heterocycles. The van der Waals surface area contributed by atoms with Crippen molar-refractivity contribution < 1.29 is 14.3 Å². The summed E-state index contributed by atoms with van der Waals surface area (Å²) in [6, 6.07) is 7.22. The Bertz CT molecular complexity index is 733. The van der Waals surface area contributed by atoms with Crippen molar-refractivity contribution in [2.45, 2.75) is 20.0 Å². The van der Waals surface area contributed by atoms with Crippen molar-refractivity contribution in [1.29, 1.82) is 0 Å². The molecule has 0 saturated carbocycles. The van der Waals surface area contributed by atoms with Crippen molar-refractivity contribution >= 4 is 23.2 Å². The number of hydrogen-bond acceptors (Lipinski definition) is 5. The molecule has 1 aromatic carbocycles. The van der Waals surface area contributed by atoms with Gasteiger partial charge in [-0.3, -0.25) is 9.59 Å². The minimum absolute atomic E-state index is 0.0236. The SMILES string of the molecule is CC(=O)N1CCCN(C(=O)c2cccc(OCc3cscn3)c2)CC1. The Hall–Kier alpha value is -2.41. The van der Waals surface area contributed by atoms with Crippen molar-refractivity contribution in [3.8, 4) is 5.75 Å². The number of aromatic nitrogens is 1. The molecule has 0 N–H and O–H groups in total. The van der Waals surface area contributed by atoms with Crippen LogP contribution in [-0.4, -0.2) is 52.8 Å².